The Bertz CT molecular complexity index is 293. The van der Waals surface area contributed by atoms with Crippen LogP contribution < -0.4 is 0 Å². The summed E-state index contributed by atoms with van der Waals surface area (Å²) < 4.78 is 0. The molecule has 0 saturated heterocycles. The molecule has 0 aromatic heterocycles. The molecular weight excluding hydrogens is 160 g/mol. The van der Waals surface area contributed by atoms with E-state index in [0.29, 0.717) is 5.92 Å². The normalized spacial score (nSPS) is 39.8. The zero-order valence-corrected chi connectivity index (χ0v) is 8.01. The SMILES string of the molecule is CCC12CCCCC1C2(C#N)C#N. The summed E-state index contributed by atoms with van der Waals surface area (Å²) in [4.78, 5) is 0. The number of rotatable bonds is 1. The fourth-order valence-electron chi connectivity index (χ4n) is 3.44. The van der Waals surface area contributed by atoms with Gasteiger partial charge >= 0.3 is 0 Å². The zero-order chi connectivity index (χ0) is 9.53. The minimum Gasteiger partial charge on any atom is -0.197 e. The summed E-state index contributed by atoms with van der Waals surface area (Å²) in [5, 5.41) is 18.2. The van der Waals surface area contributed by atoms with Crippen LogP contribution in [-0.2, 0) is 0 Å². The van der Waals surface area contributed by atoms with Gasteiger partial charge < -0.3 is 0 Å². The maximum atomic E-state index is 9.11. The predicted octanol–water partition coefficient (Wildman–Crippen LogP) is 2.62. The lowest BCUT2D eigenvalue weighted by Gasteiger charge is -2.19. The van der Waals surface area contributed by atoms with Crippen molar-refractivity contribution in [3.63, 3.8) is 0 Å². The summed E-state index contributed by atoms with van der Waals surface area (Å²) in [5.41, 5.74) is -0.535. The molecule has 2 saturated carbocycles. The van der Waals surface area contributed by atoms with E-state index in [1.165, 1.54) is 12.8 Å². The van der Waals surface area contributed by atoms with Crippen LogP contribution in [0, 0.1) is 39.4 Å². The van der Waals surface area contributed by atoms with Crippen molar-refractivity contribution >= 4 is 0 Å². The van der Waals surface area contributed by atoms with Crippen molar-refractivity contribution in [3.8, 4) is 12.1 Å². The monoisotopic (exact) mass is 174 g/mol. The maximum Gasteiger partial charge on any atom is 0.153 e. The van der Waals surface area contributed by atoms with Crippen LogP contribution in [0.15, 0.2) is 0 Å². The Labute approximate surface area is 79.2 Å². The van der Waals surface area contributed by atoms with Gasteiger partial charge in [-0.2, -0.15) is 10.5 Å². The van der Waals surface area contributed by atoms with Crippen LogP contribution in [-0.4, -0.2) is 0 Å². The molecule has 2 unspecified atom stereocenters. The van der Waals surface area contributed by atoms with E-state index in [1.807, 2.05) is 0 Å². The smallest absolute Gasteiger partial charge is 0.153 e. The molecule has 13 heavy (non-hydrogen) atoms. The molecule has 0 aromatic carbocycles. The van der Waals surface area contributed by atoms with E-state index in [9.17, 15) is 0 Å². The summed E-state index contributed by atoms with van der Waals surface area (Å²) >= 11 is 0. The van der Waals surface area contributed by atoms with Gasteiger partial charge in [0.2, 0.25) is 0 Å². The molecule has 0 heterocycles. The lowest BCUT2D eigenvalue weighted by Crippen LogP contribution is -2.11. The highest BCUT2D eigenvalue weighted by Crippen LogP contribution is 2.76. The molecule has 2 heteroatoms. The maximum absolute atomic E-state index is 9.11. The van der Waals surface area contributed by atoms with E-state index in [4.69, 9.17) is 10.5 Å². The second-order valence-electron chi connectivity index (χ2n) is 4.34. The van der Waals surface area contributed by atoms with Crippen LogP contribution >= 0.6 is 0 Å². The number of nitrogens with zero attached hydrogens (tertiary/aromatic N) is 2. The van der Waals surface area contributed by atoms with Gasteiger partial charge in [-0.25, -0.2) is 0 Å². The fourth-order valence-corrected chi connectivity index (χ4v) is 3.44. The minimum atomic E-state index is -0.613. The van der Waals surface area contributed by atoms with Crippen molar-refractivity contribution in [1.29, 1.82) is 10.5 Å². The Balaban J connectivity index is 2.36. The topological polar surface area (TPSA) is 47.6 Å². The first kappa shape index (κ1) is 8.57. The third-order valence-electron chi connectivity index (χ3n) is 4.24. The highest BCUT2D eigenvalue weighted by atomic mass is 14.8. The zero-order valence-electron chi connectivity index (χ0n) is 8.01. The van der Waals surface area contributed by atoms with Gasteiger partial charge in [-0.05, 0) is 25.2 Å². The molecule has 0 aromatic rings. The summed E-state index contributed by atoms with van der Waals surface area (Å²) in [6.45, 7) is 2.12. The van der Waals surface area contributed by atoms with Crippen molar-refractivity contribution in [2.75, 3.05) is 0 Å². The van der Waals surface area contributed by atoms with Gasteiger partial charge in [0.15, 0.2) is 5.41 Å². The van der Waals surface area contributed by atoms with E-state index in [1.54, 1.807) is 0 Å². The molecule has 0 amide bonds. The predicted molar refractivity (Wildman–Crippen MR) is 48.3 cm³/mol. The number of nitriles is 2. The van der Waals surface area contributed by atoms with E-state index < -0.39 is 5.41 Å². The van der Waals surface area contributed by atoms with E-state index in [2.05, 4.69) is 19.1 Å². The first-order valence-electron chi connectivity index (χ1n) is 5.10. The average molecular weight is 174 g/mol. The molecular formula is C11H14N2. The summed E-state index contributed by atoms with van der Waals surface area (Å²) in [6, 6.07) is 4.55. The van der Waals surface area contributed by atoms with Gasteiger partial charge in [0, 0.05) is 5.41 Å². The fraction of sp³-hybridized carbons (Fsp3) is 0.818. The average Bonchev–Trinajstić information content (AvgIpc) is 2.81. The molecule has 2 aliphatic rings. The molecule has 0 bridgehead atoms. The standard InChI is InChI=1S/C11H14N2/c1-2-10-6-4-3-5-9(10)11(10,7-12)8-13/h9H,2-6H2,1H3. The van der Waals surface area contributed by atoms with Crippen LogP contribution in [0.2, 0.25) is 0 Å². The van der Waals surface area contributed by atoms with Crippen LogP contribution in [0.25, 0.3) is 0 Å². The number of hydrogen-bond acceptors (Lipinski definition) is 2. The van der Waals surface area contributed by atoms with Gasteiger partial charge in [0.25, 0.3) is 0 Å². The molecule has 0 radical (unpaired) electrons. The van der Waals surface area contributed by atoms with Gasteiger partial charge in [0.1, 0.15) is 0 Å². The highest BCUT2D eigenvalue weighted by molar-refractivity contribution is 5.39. The number of fused-ring (bicyclic) bond motifs is 1. The van der Waals surface area contributed by atoms with Crippen LogP contribution in [0.5, 0.6) is 0 Å². The Morgan fingerprint density at radius 2 is 2.00 bits per heavy atom. The van der Waals surface area contributed by atoms with Crippen molar-refractivity contribution in [1.82, 2.24) is 0 Å². The summed E-state index contributed by atoms with van der Waals surface area (Å²) in [7, 11) is 0. The molecule has 2 fully saturated rings. The molecule has 68 valence electrons. The number of hydrogen-bond donors (Lipinski definition) is 0. The van der Waals surface area contributed by atoms with E-state index >= 15 is 0 Å². The van der Waals surface area contributed by atoms with Crippen LogP contribution in [0.1, 0.15) is 39.0 Å². The first-order valence-corrected chi connectivity index (χ1v) is 5.10. The van der Waals surface area contributed by atoms with Crippen LogP contribution in [0.3, 0.4) is 0 Å². The molecule has 0 spiro atoms. The third-order valence-corrected chi connectivity index (χ3v) is 4.24. The molecule has 2 atom stereocenters. The van der Waals surface area contributed by atoms with Crippen molar-refractivity contribution in [2.45, 2.75) is 39.0 Å². The first-order chi connectivity index (χ1) is 6.27. The third kappa shape index (κ3) is 0.724. The summed E-state index contributed by atoms with van der Waals surface area (Å²) in [5.74, 6) is 0.383. The quantitative estimate of drug-likeness (QED) is 0.613. The Morgan fingerprint density at radius 3 is 2.46 bits per heavy atom. The van der Waals surface area contributed by atoms with Crippen molar-refractivity contribution < 1.29 is 0 Å². The minimum absolute atomic E-state index is 0.0781. The van der Waals surface area contributed by atoms with Gasteiger partial charge in [0.05, 0.1) is 12.1 Å². The Hall–Kier alpha value is -1.02. The second kappa shape index (κ2) is 2.48. The lowest BCUT2D eigenvalue weighted by molar-refractivity contribution is 0.317. The van der Waals surface area contributed by atoms with Crippen molar-refractivity contribution in [3.05, 3.63) is 0 Å². The van der Waals surface area contributed by atoms with Crippen LogP contribution in [0.4, 0.5) is 0 Å². The molecule has 0 N–H and O–H groups in total. The van der Waals surface area contributed by atoms with Crippen molar-refractivity contribution in [2.24, 2.45) is 16.7 Å². The second-order valence-corrected chi connectivity index (χ2v) is 4.34. The van der Waals surface area contributed by atoms with Gasteiger partial charge in [-0.1, -0.05) is 19.8 Å². The summed E-state index contributed by atoms with van der Waals surface area (Å²) in [6.07, 6.45) is 5.59. The van der Waals surface area contributed by atoms with E-state index in [-0.39, 0.29) is 5.41 Å². The van der Waals surface area contributed by atoms with E-state index in [0.717, 1.165) is 19.3 Å². The molecule has 2 rings (SSSR count). The lowest BCUT2D eigenvalue weighted by atomic mass is 9.84. The highest BCUT2D eigenvalue weighted by Gasteiger charge is 2.76. The van der Waals surface area contributed by atoms with Gasteiger partial charge in [-0.15, -0.1) is 0 Å². The Morgan fingerprint density at radius 1 is 1.31 bits per heavy atom. The Kier molecular flexibility index (Phi) is 1.64. The molecule has 0 aliphatic heterocycles. The largest absolute Gasteiger partial charge is 0.197 e. The molecule has 2 aliphatic carbocycles. The molecule has 2 nitrogen and oxygen atoms in total. The van der Waals surface area contributed by atoms with Gasteiger partial charge in [-0.3, -0.25) is 0 Å².